The molecular weight excluding hydrogens is 306 g/mol. The van der Waals surface area contributed by atoms with Crippen molar-refractivity contribution in [1.82, 2.24) is 9.97 Å². The smallest absolute Gasteiger partial charge is 0.232 e. The first-order valence-electron chi connectivity index (χ1n) is 7.17. The summed E-state index contributed by atoms with van der Waals surface area (Å²) in [5.74, 6) is 1.26. The lowest BCUT2D eigenvalue weighted by molar-refractivity contribution is 0.291. The molecule has 0 aliphatic carbocycles. The quantitative estimate of drug-likeness (QED) is 0.646. The Bertz CT molecular complexity index is 361. The first kappa shape index (κ1) is 16.2. The highest BCUT2D eigenvalue weighted by Gasteiger charge is 2.05. The third-order valence-electron chi connectivity index (χ3n) is 2.73. The molecule has 0 saturated carbocycles. The third-order valence-corrected chi connectivity index (χ3v) is 3.28. The van der Waals surface area contributed by atoms with Crippen LogP contribution in [-0.2, 0) is 0 Å². The zero-order chi connectivity index (χ0) is 13.9. The van der Waals surface area contributed by atoms with Crippen LogP contribution in [-0.4, -0.2) is 23.1 Å². The van der Waals surface area contributed by atoms with Gasteiger partial charge in [-0.3, -0.25) is 0 Å². The number of hydrogen-bond acceptors (Lipinski definition) is 4. The van der Waals surface area contributed by atoms with Crippen LogP contribution in [0.1, 0.15) is 52.4 Å². The average Bonchev–Trinajstić information content (AvgIpc) is 2.43. The Morgan fingerprint density at radius 3 is 2.68 bits per heavy atom. The van der Waals surface area contributed by atoms with Gasteiger partial charge in [-0.15, -0.1) is 0 Å². The van der Waals surface area contributed by atoms with Gasteiger partial charge >= 0.3 is 0 Å². The van der Waals surface area contributed by atoms with Gasteiger partial charge in [0.05, 0.1) is 17.3 Å². The second-order valence-electron chi connectivity index (χ2n) is 4.54. The van der Waals surface area contributed by atoms with E-state index in [-0.39, 0.29) is 0 Å². The largest absolute Gasteiger partial charge is 0.477 e. The minimum absolute atomic E-state index is 0.629. The van der Waals surface area contributed by atoms with E-state index in [1.807, 2.05) is 0 Å². The number of nitrogens with one attached hydrogen (secondary N) is 1. The van der Waals surface area contributed by atoms with Gasteiger partial charge in [0, 0.05) is 6.54 Å². The van der Waals surface area contributed by atoms with E-state index in [4.69, 9.17) is 4.74 Å². The summed E-state index contributed by atoms with van der Waals surface area (Å²) in [5.41, 5.74) is 0. The van der Waals surface area contributed by atoms with E-state index in [2.05, 4.69) is 45.1 Å². The zero-order valence-electron chi connectivity index (χ0n) is 11.9. The summed E-state index contributed by atoms with van der Waals surface area (Å²) < 4.78 is 6.51. The summed E-state index contributed by atoms with van der Waals surface area (Å²) in [6.07, 6.45) is 8.94. The summed E-state index contributed by atoms with van der Waals surface area (Å²) in [7, 11) is 0. The first-order chi connectivity index (χ1) is 9.27. The highest BCUT2D eigenvalue weighted by atomic mass is 79.9. The van der Waals surface area contributed by atoms with Crippen LogP contribution < -0.4 is 10.1 Å². The number of anilines is 1. The van der Waals surface area contributed by atoms with Gasteiger partial charge < -0.3 is 10.1 Å². The van der Waals surface area contributed by atoms with Gasteiger partial charge in [-0.2, -0.15) is 4.98 Å². The molecular formula is C14H24BrN3O. The van der Waals surface area contributed by atoms with Crippen LogP contribution in [0.5, 0.6) is 5.88 Å². The van der Waals surface area contributed by atoms with Gasteiger partial charge in [0.1, 0.15) is 0 Å². The fraction of sp³-hybridized carbons (Fsp3) is 0.714. The number of nitrogens with zero attached hydrogens (tertiary/aromatic N) is 2. The van der Waals surface area contributed by atoms with Crippen molar-refractivity contribution in [1.29, 1.82) is 0 Å². The SMILES string of the molecule is CCCCCCCOc1nc(NCCC)ncc1Br. The van der Waals surface area contributed by atoms with Crippen molar-refractivity contribution in [2.24, 2.45) is 0 Å². The predicted molar refractivity (Wildman–Crippen MR) is 82.8 cm³/mol. The number of rotatable bonds is 10. The lowest BCUT2D eigenvalue weighted by atomic mass is 10.2. The molecule has 0 aliphatic rings. The van der Waals surface area contributed by atoms with Crippen LogP contribution in [0, 0.1) is 0 Å². The minimum Gasteiger partial charge on any atom is -0.477 e. The van der Waals surface area contributed by atoms with E-state index in [0.717, 1.165) is 23.9 Å². The fourth-order valence-corrected chi connectivity index (χ4v) is 1.95. The Balaban J connectivity index is 2.34. The number of halogens is 1. The number of hydrogen-bond donors (Lipinski definition) is 1. The molecule has 1 aromatic heterocycles. The molecule has 0 unspecified atom stereocenters. The molecule has 19 heavy (non-hydrogen) atoms. The van der Waals surface area contributed by atoms with Gasteiger partial charge in [-0.25, -0.2) is 4.98 Å². The summed E-state index contributed by atoms with van der Waals surface area (Å²) in [4.78, 5) is 8.55. The molecule has 0 saturated heterocycles. The van der Waals surface area contributed by atoms with Crippen molar-refractivity contribution in [3.05, 3.63) is 10.7 Å². The molecule has 0 amide bonds. The summed E-state index contributed by atoms with van der Waals surface area (Å²) >= 11 is 3.41. The van der Waals surface area contributed by atoms with Crippen molar-refractivity contribution in [3.8, 4) is 5.88 Å². The fourth-order valence-electron chi connectivity index (χ4n) is 1.65. The van der Waals surface area contributed by atoms with Gasteiger partial charge in [0.25, 0.3) is 0 Å². The molecule has 0 aromatic carbocycles. The van der Waals surface area contributed by atoms with Gasteiger partial charge in [-0.05, 0) is 28.8 Å². The molecule has 1 rings (SSSR count). The van der Waals surface area contributed by atoms with Crippen LogP contribution >= 0.6 is 15.9 Å². The Kier molecular flexibility index (Phi) is 8.54. The lowest BCUT2D eigenvalue weighted by Gasteiger charge is -2.09. The molecule has 0 spiro atoms. The number of aromatic nitrogens is 2. The maximum Gasteiger partial charge on any atom is 0.232 e. The zero-order valence-corrected chi connectivity index (χ0v) is 13.5. The molecule has 108 valence electrons. The van der Waals surface area contributed by atoms with Crippen molar-refractivity contribution in [3.63, 3.8) is 0 Å². The van der Waals surface area contributed by atoms with Crippen LogP contribution in [0.25, 0.3) is 0 Å². The van der Waals surface area contributed by atoms with E-state index >= 15 is 0 Å². The van der Waals surface area contributed by atoms with E-state index in [0.29, 0.717) is 18.4 Å². The third kappa shape index (κ3) is 6.76. The predicted octanol–water partition coefficient (Wildman–Crippen LogP) is 4.41. The Morgan fingerprint density at radius 1 is 1.16 bits per heavy atom. The monoisotopic (exact) mass is 329 g/mol. The van der Waals surface area contributed by atoms with Crippen molar-refractivity contribution in [2.45, 2.75) is 52.4 Å². The van der Waals surface area contributed by atoms with E-state index < -0.39 is 0 Å². The van der Waals surface area contributed by atoms with Crippen LogP contribution in [0.15, 0.2) is 10.7 Å². The summed E-state index contributed by atoms with van der Waals surface area (Å²) in [5, 5.41) is 3.16. The molecule has 1 aromatic rings. The topological polar surface area (TPSA) is 47.0 Å². The normalized spacial score (nSPS) is 10.5. The molecule has 0 atom stereocenters. The minimum atomic E-state index is 0.629. The van der Waals surface area contributed by atoms with Crippen LogP contribution in [0.4, 0.5) is 5.95 Å². The maximum atomic E-state index is 5.70. The second kappa shape index (κ2) is 10.0. The standard InChI is InChI=1S/C14H24BrN3O/c1-3-5-6-7-8-10-19-13-12(15)11-17-14(18-13)16-9-4-2/h11H,3-10H2,1-2H3,(H,16,17,18). The van der Waals surface area contributed by atoms with E-state index in [1.165, 1.54) is 25.7 Å². The molecule has 1 N–H and O–H groups in total. The van der Waals surface area contributed by atoms with E-state index in [9.17, 15) is 0 Å². The number of ether oxygens (including phenoxy) is 1. The Hall–Kier alpha value is -0.840. The molecule has 4 nitrogen and oxygen atoms in total. The first-order valence-corrected chi connectivity index (χ1v) is 7.96. The molecule has 0 fully saturated rings. The highest BCUT2D eigenvalue weighted by Crippen LogP contribution is 2.22. The maximum absolute atomic E-state index is 5.70. The Labute approximate surface area is 124 Å². The van der Waals surface area contributed by atoms with Gasteiger partial charge in [0.15, 0.2) is 0 Å². The van der Waals surface area contributed by atoms with Crippen LogP contribution in [0.2, 0.25) is 0 Å². The van der Waals surface area contributed by atoms with E-state index in [1.54, 1.807) is 6.20 Å². The summed E-state index contributed by atoms with van der Waals surface area (Å²) in [6.45, 7) is 5.92. The molecule has 0 bridgehead atoms. The molecule has 0 aliphatic heterocycles. The number of unbranched alkanes of at least 4 members (excludes halogenated alkanes) is 4. The van der Waals surface area contributed by atoms with Crippen LogP contribution in [0.3, 0.4) is 0 Å². The average molecular weight is 330 g/mol. The molecule has 1 heterocycles. The highest BCUT2D eigenvalue weighted by molar-refractivity contribution is 9.10. The Morgan fingerprint density at radius 2 is 1.95 bits per heavy atom. The molecule has 0 radical (unpaired) electrons. The van der Waals surface area contributed by atoms with Gasteiger partial charge in [0.2, 0.25) is 11.8 Å². The second-order valence-corrected chi connectivity index (χ2v) is 5.39. The molecule has 5 heteroatoms. The van der Waals surface area contributed by atoms with Crippen molar-refractivity contribution >= 4 is 21.9 Å². The van der Waals surface area contributed by atoms with Crippen molar-refractivity contribution < 1.29 is 4.74 Å². The van der Waals surface area contributed by atoms with Gasteiger partial charge in [-0.1, -0.05) is 39.5 Å². The lowest BCUT2D eigenvalue weighted by Crippen LogP contribution is -2.06. The van der Waals surface area contributed by atoms with Crippen molar-refractivity contribution in [2.75, 3.05) is 18.5 Å². The summed E-state index contributed by atoms with van der Waals surface area (Å²) in [6, 6.07) is 0.